The van der Waals surface area contributed by atoms with E-state index in [1.54, 1.807) is 6.20 Å². The zero-order chi connectivity index (χ0) is 20.1. The lowest BCUT2D eigenvalue weighted by molar-refractivity contribution is 0.0950. The van der Waals surface area contributed by atoms with Crippen molar-refractivity contribution in [3.05, 3.63) is 53.3 Å². The zero-order valence-corrected chi connectivity index (χ0v) is 17.2. The molecule has 1 amide bonds. The molecule has 1 spiro atoms. The molecule has 2 fully saturated rings. The summed E-state index contributed by atoms with van der Waals surface area (Å²) in [5.41, 5.74) is 3.70. The van der Waals surface area contributed by atoms with Crippen molar-refractivity contribution in [1.29, 1.82) is 0 Å². The van der Waals surface area contributed by atoms with Gasteiger partial charge in [0.15, 0.2) is 0 Å². The van der Waals surface area contributed by atoms with Crippen LogP contribution < -0.4 is 10.1 Å². The lowest BCUT2D eigenvalue weighted by atomic mass is 9.58. The zero-order valence-electron chi connectivity index (χ0n) is 17.2. The molecular weight excluding hydrogens is 364 g/mol. The van der Waals surface area contributed by atoms with E-state index in [2.05, 4.69) is 23.3 Å². The minimum absolute atomic E-state index is 0.123. The predicted octanol–water partition coefficient (Wildman–Crippen LogP) is 4.64. The Balaban J connectivity index is 1.46. The number of benzene rings is 1. The number of amides is 1. The van der Waals surface area contributed by atoms with Gasteiger partial charge in [-0.05, 0) is 69.2 Å². The summed E-state index contributed by atoms with van der Waals surface area (Å²) in [5, 5.41) is 2.97. The number of carbonyl (C=O) groups is 1. The van der Waals surface area contributed by atoms with Gasteiger partial charge < -0.3 is 14.8 Å². The van der Waals surface area contributed by atoms with Crippen molar-refractivity contribution in [1.82, 2.24) is 4.98 Å². The van der Waals surface area contributed by atoms with Crippen LogP contribution in [0.2, 0.25) is 0 Å². The van der Waals surface area contributed by atoms with Gasteiger partial charge in [-0.15, -0.1) is 0 Å². The van der Waals surface area contributed by atoms with Crippen molar-refractivity contribution in [2.75, 3.05) is 18.5 Å². The molecule has 3 atom stereocenters. The Kier molecular flexibility index (Phi) is 4.39. The number of rotatable bonds is 3. The molecule has 2 aliphatic heterocycles. The number of hydrogen-bond donors (Lipinski definition) is 1. The summed E-state index contributed by atoms with van der Waals surface area (Å²) in [6.45, 7) is 5.80. The lowest BCUT2D eigenvalue weighted by Gasteiger charge is -2.45. The second kappa shape index (κ2) is 6.84. The Bertz CT molecular complexity index is 953. The van der Waals surface area contributed by atoms with Gasteiger partial charge in [-0.2, -0.15) is 0 Å². The van der Waals surface area contributed by atoms with Gasteiger partial charge in [-0.1, -0.05) is 13.0 Å². The number of aryl methyl sites for hydroxylation is 1. The summed E-state index contributed by atoms with van der Waals surface area (Å²) in [6.07, 6.45) is 7.24. The third kappa shape index (κ3) is 3.12. The van der Waals surface area contributed by atoms with Gasteiger partial charge in [-0.25, -0.2) is 0 Å². The average molecular weight is 392 g/mol. The minimum Gasteiger partial charge on any atom is -0.493 e. The maximum Gasteiger partial charge on any atom is 0.255 e. The molecule has 2 aromatic rings. The fourth-order valence-electron chi connectivity index (χ4n) is 5.47. The van der Waals surface area contributed by atoms with Crippen LogP contribution in [0, 0.1) is 12.8 Å². The van der Waals surface area contributed by atoms with E-state index in [-0.39, 0.29) is 16.9 Å². The molecule has 1 aromatic heterocycles. The highest BCUT2D eigenvalue weighted by molar-refractivity contribution is 6.04. The molecule has 5 nitrogen and oxygen atoms in total. The fourth-order valence-corrected chi connectivity index (χ4v) is 5.47. The molecule has 152 valence electrons. The standard InChI is InChI=1S/C24H28N2O3/c1-3-24-10-9-23(15-29-23)14-18(24)8-12-28-21-13-17(6-7-19(21)24)22(27)26-20-5-4-11-25-16(20)2/h4-7,11,13,18H,3,8-10,12,14-15H2,1-2H3,(H,26,27). The van der Waals surface area contributed by atoms with Crippen molar-refractivity contribution in [3.63, 3.8) is 0 Å². The van der Waals surface area contributed by atoms with Crippen LogP contribution in [0.15, 0.2) is 36.5 Å². The lowest BCUT2D eigenvalue weighted by Crippen LogP contribution is -2.42. The summed E-state index contributed by atoms with van der Waals surface area (Å²) >= 11 is 0. The van der Waals surface area contributed by atoms with Crippen LogP contribution in [0.4, 0.5) is 5.69 Å². The first-order valence-corrected chi connectivity index (χ1v) is 10.7. The predicted molar refractivity (Wildman–Crippen MR) is 111 cm³/mol. The van der Waals surface area contributed by atoms with E-state index >= 15 is 0 Å². The Morgan fingerprint density at radius 1 is 1.31 bits per heavy atom. The second-order valence-corrected chi connectivity index (χ2v) is 8.82. The van der Waals surface area contributed by atoms with Crippen LogP contribution in [0.25, 0.3) is 0 Å². The first-order valence-electron chi connectivity index (χ1n) is 10.7. The highest BCUT2D eigenvalue weighted by Gasteiger charge is 2.56. The molecule has 3 heterocycles. The van der Waals surface area contributed by atoms with Gasteiger partial charge in [0.05, 0.1) is 30.2 Å². The molecule has 3 aliphatic rings. The fraction of sp³-hybridized carbons (Fsp3) is 0.500. The highest BCUT2D eigenvalue weighted by atomic mass is 16.6. The van der Waals surface area contributed by atoms with Crippen molar-refractivity contribution in [3.8, 4) is 5.75 Å². The van der Waals surface area contributed by atoms with Crippen LogP contribution >= 0.6 is 0 Å². The van der Waals surface area contributed by atoms with Gasteiger partial charge in [-0.3, -0.25) is 9.78 Å². The van der Waals surface area contributed by atoms with Gasteiger partial charge in [0.25, 0.3) is 5.91 Å². The largest absolute Gasteiger partial charge is 0.493 e. The number of anilines is 1. The number of nitrogens with one attached hydrogen (secondary N) is 1. The normalized spacial score (nSPS) is 29.9. The molecule has 1 saturated heterocycles. The van der Waals surface area contributed by atoms with E-state index in [0.717, 1.165) is 55.8 Å². The quantitative estimate of drug-likeness (QED) is 0.773. The Labute approximate surface area is 171 Å². The first kappa shape index (κ1) is 18.6. The van der Waals surface area contributed by atoms with Crippen molar-refractivity contribution >= 4 is 11.6 Å². The summed E-state index contributed by atoms with van der Waals surface area (Å²) in [4.78, 5) is 17.1. The van der Waals surface area contributed by atoms with Gasteiger partial charge in [0.1, 0.15) is 5.75 Å². The topological polar surface area (TPSA) is 63.8 Å². The molecule has 0 bridgehead atoms. The summed E-state index contributed by atoms with van der Waals surface area (Å²) in [5.74, 6) is 1.31. The molecule has 1 saturated carbocycles. The van der Waals surface area contributed by atoms with Gasteiger partial charge >= 0.3 is 0 Å². The van der Waals surface area contributed by atoms with Crippen molar-refractivity contribution in [2.24, 2.45) is 5.92 Å². The Morgan fingerprint density at radius 3 is 2.93 bits per heavy atom. The third-order valence-electron chi connectivity index (χ3n) is 7.37. The van der Waals surface area contributed by atoms with Gasteiger partial charge in [0.2, 0.25) is 0 Å². The SMILES string of the molecule is CCC12CCC3(CO3)CC1CCOc1cc(C(=O)Nc3cccnc3C)ccc12. The van der Waals surface area contributed by atoms with Crippen LogP contribution in [0.1, 0.15) is 60.6 Å². The Morgan fingerprint density at radius 2 is 2.17 bits per heavy atom. The molecular formula is C24H28N2O3. The van der Waals surface area contributed by atoms with Crippen LogP contribution in [0.5, 0.6) is 5.75 Å². The maximum atomic E-state index is 12.9. The summed E-state index contributed by atoms with van der Waals surface area (Å²) in [6, 6.07) is 9.70. The van der Waals surface area contributed by atoms with E-state index < -0.39 is 0 Å². The smallest absolute Gasteiger partial charge is 0.255 e. The monoisotopic (exact) mass is 392 g/mol. The van der Waals surface area contributed by atoms with Crippen LogP contribution in [-0.2, 0) is 10.2 Å². The van der Waals surface area contributed by atoms with Crippen molar-refractivity contribution in [2.45, 2.75) is 57.0 Å². The maximum absolute atomic E-state index is 12.9. The number of epoxide rings is 1. The first-order chi connectivity index (χ1) is 14.1. The van der Waals surface area contributed by atoms with E-state index in [1.165, 1.54) is 5.56 Å². The Hall–Kier alpha value is -2.40. The number of nitrogens with zero attached hydrogens (tertiary/aromatic N) is 1. The van der Waals surface area contributed by atoms with E-state index in [4.69, 9.17) is 9.47 Å². The highest BCUT2D eigenvalue weighted by Crippen LogP contribution is 2.57. The van der Waals surface area contributed by atoms with Crippen LogP contribution in [0.3, 0.4) is 0 Å². The number of fused-ring (bicyclic) bond motifs is 3. The number of aromatic nitrogens is 1. The minimum atomic E-state index is -0.132. The molecule has 5 heteroatoms. The van der Waals surface area contributed by atoms with Crippen LogP contribution in [-0.4, -0.2) is 29.7 Å². The second-order valence-electron chi connectivity index (χ2n) is 8.82. The molecule has 29 heavy (non-hydrogen) atoms. The molecule has 3 unspecified atom stereocenters. The molecule has 1 N–H and O–H groups in total. The third-order valence-corrected chi connectivity index (χ3v) is 7.37. The number of hydrogen-bond acceptors (Lipinski definition) is 4. The van der Waals surface area contributed by atoms with E-state index in [0.29, 0.717) is 18.1 Å². The molecule has 5 rings (SSSR count). The molecule has 0 radical (unpaired) electrons. The van der Waals surface area contributed by atoms with Crippen molar-refractivity contribution < 1.29 is 14.3 Å². The summed E-state index contributed by atoms with van der Waals surface area (Å²) < 4.78 is 12.0. The number of carbonyl (C=O) groups excluding carboxylic acids is 1. The van der Waals surface area contributed by atoms with Gasteiger partial charge in [0, 0.05) is 22.7 Å². The average Bonchev–Trinajstić information content (AvgIpc) is 3.51. The van der Waals surface area contributed by atoms with E-state index in [1.807, 2.05) is 31.2 Å². The summed E-state index contributed by atoms with van der Waals surface area (Å²) in [7, 11) is 0. The molecule has 1 aliphatic carbocycles. The number of ether oxygens (including phenoxy) is 2. The van der Waals surface area contributed by atoms with E-state index in [9.17, 15) is 4.79 Å². The molecule has 1 aromatic carbocycles. The number of pyridine rings is 1.